The van der Waals surface area contributed by atoms with Crippen molar-refractivity contribution in [3.05, 3.63) is 0 Å². The van der Waals surface area contributed by atoms with Gasteiger partial charge in [0.15, 0.2) is 0 Å². The number of esters is 1. The summed E-state index contributed by atoms with van der Waals surface area (Å²) in [4.78, 5) is 11.2. The Morgan fingerprint density at radius 2 is 2.00 bits per heavy atom. The SMILES string of the molecule is CCN(CCC(N)=S)S(=O)(=O)CCC(=O)OC. The summed E-state index contributed by atoms with van der Waals surface area (Å²) < 4.78 is 29.3. The highest BCUT2D eigenvalue weighted by atomic mass is 32.2. The first-order chi connectivity index (χ1) is 7.83. The van der Waals surface area contributed by atoms with Crippen LogP contribution >= 0.6 is 12.2 Å². The predicted octanol–water partition coefficient (Wildman–Crippen LogP) is -0.123. The first-order valence-corrected chi connectivity index (χ1v) is 7.18. The van der Waals surface area contributed by atoms with Crippen molar-refractivity contribution in [1.29, 1.82) is 0 Å². The van der Waals surface area contributed by atoms with Gasteiger partial charge in [0, 0.05) is 19.5 Å². The Bertz CT molecular complexity index is 367. The molecule has 0 bridgehead atoms. The molecule has 0 aromatic rings. The molecule has 0 saturated heterocycles. The van der Waals surface area contributed by atoms with E-state index in [1.807, 2.05) is 0 Å². The standard InChI is InChI=1S/C9H18N2O4S2/c1-3-11(6-4-8(10)16)17(13,14)7-5-9(12)15-2/h3-7H2,1-2H3,(H2,10,16). The molecule has 0 heterocycles. The van der Waals surface area contributed by atoms with E-state index in [-0.39, 0.29) is 23.7 Å². The summed E-state index contributed by atoms with van der Waals surface area (Å²) >= 11 is 4.69. The van der Waals surface area contributed by atoms with Crippen LogP contribution in [0.4, 0.5) is 0 Å². The number of rotatable bonds is 8. The molecule has 8 heteroatoms. The van der Waals surface area contributed by atoms with Gasteiger partial charge in [-0.15, -0.1) is 0 Å². The summed E-state index contributed by atoms with van der Waals surface area (Å²) in [5.74, 6) is -0.802. The third-order valence-electron chi connectivity index (χ3n) is 2.15. The van der Waals surface area contributed by atoms with Crippen LogP contribution in [0.3, 0.4) is 0 Å². The van der Waals surface area contributed by atoms with Gasteiger partial charge in [-0.2, -0.15) is 0 Å². The molecule has 0 radical (unpaired) electrons. The molecular formula is C9H18N2O4S2. The fraction of sp³-hybridized carbons (Fsp3) is 0.778. The Balaban J connectivity index is 4.42. The summed E-state index contributed by atoms with van der Waals surface area (Å²) in [6.07, 6.45) is 0.184. The zero-order valence-electron chi connectivity index (χ0n) is 10.0. The van der Waals surface area contributed by atoms with E-state index in [0.717, 1.165) is 0 Å². The highest BCUT2D eigenvalue weighted by molar-refractivity contribution is 7.89. The molecule has 0 saturated carbocycles. The van der Waals surface area contributed by atoms with Gasteiger partial charge in [0.25, 0.3) is 0 Å². The van der Waals surface area contributed by atoms with Crippen molar-refractivity contribution in [3.63, 3.8) is 0 Å². The van der Waals surface area contributed by atoms with Crippen molar-refractivity contribution in [2.75, 3.05) is 26.0 Å². The molecule has 0 aliphatic heterocycles. The van der Waals surface area contributed by atoms with Gasteiger partial charge in [0.2, 0.25) is 10.0 Å². The van der Waals surface area contributed by atoms with E-state index < -0.39 is 16.0 Å². The molecule has 0 aliphatic rings. The quantitative estimate of drug-likeness (QED) is 0.493. The molecular weight excluding hydrogens is 264 g/mol. The molecule has 0 aliphatic carbocycles. The largest absolute Gasteiger partial charge is 0.469 e. The summed E-state index contributed by atoms with van der Waals surface area (Å²) in [5, 5.41) is 0. The fourth-order valence-corrected chi connectivity index (χ4v) is 2.71. The van der Waals surface area contributed by atoms with Crippen LogP contribution in [0.1, 0.15) is 19.8 Å². The first kappa shape index (κ1) is 16.3. The number of hydrogen-bond acceptors (Lipinski definition) is 5. The Morgan fingerprint density at radius 1 is 1.41 bits per heavy atom. The highest BCUT2D eigenvalue weighted by Gasteiger charge is 2.21. The summed E-state index contributed by atoms with van der Waals surface area (Å²) in [6.45, 7) is 2.29. The van der Waals surface area contributed by atoms with E-state index in [1.54, 1.807) is 6.92 Å². The molecule has 0 atom stereocenters. The number of thiocarbonyl (C=S) groups is 1. The number of hydrogen-bond donors (Lipinski definition) is 1. The summed E-state index contributed by atoms with van der Waals surface area (Å²) in [5.41, 5.74) is 5.32. The van der Waals surface area contributed by atoms with Crippen LogP contribution in [0.2, 0.25) is 0 Å². The Hall–Kier alpha value is -0.730. The van der Waals surface area contributed by atoms with Gasteiger partial charge in [-0.05, 0) is 0 Å². The van der Waals surface area contributed by atoms with Gasteiger partial charge in [0.05, 0.1) is 24.3 Å². The smallest absolute Gasteiger partial charge is 0.306 e. The van der Waals surface area contributed by atoms with Crippen LogP contribution in [0.25, 0.3) is 0 Å². The Morgan fingerprint density at radius 3 is 2.41 bits per heavy atom. The number of methoxy groups -OCH3 is 1. The van der Waals surface area contributed by atoms with Gasteiger partial charge in [-0.1, -0.05) is 19.1 Å². The number of nitrogens with zero attached hydrogens (tertiary/aromatic N) is 1. The second-order valence-electron chi connectivity index (χ2n) is 3.35. The zero-order chi connectivity index (χ0) is 13.5. The molecule has 0 aromatic carbocycles. The first-order valence-electron chi connectivity index (χ1n) is 5.16. The molecule has 0 rings (SSSR count). The molecule has 6 nitrogen and oxygen atoms in total. The molecule has 100 valence electrons. The van der Waals surface area contributed by atoms with Gasteiger partial charge in [-0.3, -0.25) is 4.79 Å². The average Bonchev–Trinajstić information content (AvgIpc) is 2.26. The van der Waals surface area contributed by atoms with Crippen LogP contribution in [0, 0.1) is 0 Å². The molecule has 0 fully saturated rings. The van der Waals surface area contributed by atoms with Gasteiger partial charge in [-0.25, -0.2) is 12.7 Å². The number of carbonyl (C=O) groups is 1. The van der Waals surface area contributed by atoms with Crippen LogP contribution in [-0.2, 0) is 19.6 Å². The normalized spacial score (nSPS) is 11.5. The maximum absolute atomic E-state index is 11.8. The fourth-order valence-electron chi connectivity index (χ4n) is 1.17. The minimum absolute atomic E-state index is 0.150. The minimum atomic E-state index is -3.46. The molecule has 2 N–H and O–H groups in total. The van der Waals surface area contributed by atoms with Crippen molar-refractivity contribution in [2.24, 2.45) is 5.73 Å². The number of ether oxygens (including phenoxy) is 1. The summed E-state index contributed by atoms with van der Waals surface area (Å²) in [7, 11) is -2.23. The zero-order valence-corrected chi connectivity index (χ0v) is 11.6. The van der Waals surface area contributed by atoms with E-state index in [1.165, 1.54) is 11.4 Å². The maximum atomic E-state index is 11.8. The van der Waals surface area contributed by atoms with E-state index in [0.29, 0.717) is 13.0 Å². The number of nitrogens with two attached hydrogens (primary N) is 1. The third-order valence-corrected chi connectivity index (χ3v) is 4.30. The molecule has 0 amide bonds. The van der Waals surface area contributed by atoms with E-state index in [2.05, 4.69) is 4.74 Å². The Labute approximate surface area is 107 Å². The average molecular weight is 282 g/mol. The lowest BCUT2D eigenvalue weighted by atomic mass is 10.4. The minimum Gasteiger partial charge on any atom is -0.469 e. The van der Waals surface area contributed by atoms with Crippen molar-refractivity contribution >= 4 is 33.2 Å². The van der Waals surface area contributed by atoms with Gasteiger partial charge in [0.1, 0.15) is 0 Å². The van der Waals surface area contributed by atoms with Crippen molar-refractivity contribution < 1.29 is 17.9 Å². The van der Waals surface area contributed by atoms with Crippen molar-refractivity contribution in [3.8, 4) is 0 Å². The third kappa shape index (κ3) is 6.54. The van der Waals surface area contributed by atoms with E-state index in [9.17, 15) is 13.2 Å². The lowest BCUT2D eigenvalue weighted by Crippen LogP contribution is -2.35. The molecule has 0 aromatic heterocycles. The Kier molecular flexibility index (Phi) is 7.24. The van der Waals surface area contributed by atoms with E-state index >= 15 is 0 Å². The van der Waals surface area contributed by atoms with Gasteiger partial charge >= 0.3 is 5.97 Å². The molecule has 0 unspecified atom stereocenters. The van der Waals surface area contributed by atoms with Crippen LogP contribution in [0.5, 0.6) is 0 Å². The highest BCUT2D eigenvalue weighted by Crippen LogP contribution is 2.05. The maximum Gasteiger partial charge on any atom is 0.306 e. The number of carbonyl (C=O) groups excluding carboxylic acids is 1. The monoisotopic (exact) mass is 282 g/mol. The van der Waals surface area contributed by atoms with E-state index in [4.69, 9.17) is 18.0 Å². The summed E-state index contributed by atoms with van der Waals surface area (Å²) in [6, 6.07) is 0. The van der Waals surface area contributed by atoms with Crippen LogP contribution in [0.15, 0.2) is 0 Å². The molecule has 17 heavy (non-hydrogen) atoms. The number of sulfonamides is 1. The molecule has 0 spiro atoms. The topological polar surface area (TPSA) is 89.7 Å². The van der Waals surface area contributed by atoms with Crippen LogP contribution in [-0.4, -0.2) is 49.6 Å². The lowest BCUT2D eigenvalue weighted by molar-refractivity contribution is -0.140. The van der Waals surface area contributed by atoms with Crippen molar-refractivity contribution in [1.82, 2.24) is 4.31 Å². The predicted molar refractivity (Wildman–Crippen MR) is 69.1 cm³/mol. The van der Waals surface area contributed by atoms with Crippen LogP contribution < -0.4 is 5.73 Å². The van der Waals surface area contributed by atoms with Crippen molar-refractivity contribution in [2.45, 2.75) is 19.8 Å². The lowest BCUT2D eigenvalue weighted by Gasteiger charge is -2.19. The second kappa shape index (κ2) is 7.57. The van der Waals surface area contributed by atoms with Gasteiger partial charge < -0.3 is 10.5 Å². The second-order valence-corrected chi connectivity index (χ2v) is 5.96.